The van der Waals surface area contributed by atoms with Gasteiger partial charge in [0.15, 0.2) is 11.5 Å². The first-order chi connectivity index (χ1) is 6.72. The van der Waals surface area contributed by atoms with Crippen molar-refractivity contribution in [1.82, 2.24) is 0 Å². The van der Waals surface area contributed by atoms with E-state index in [0.717, 1.165) is 0 Å². The smallest absolute Gasteiger partial charge is 0.341 e. The largest absolute Gasteiger partial charge is 0.507 e. The number of phenols is 1. The first-order valence-corrected chi connectivity index (χ1v) is 3.93. The lowest BCUT2D eigenvalue weighted by Crippen LogP contribution is -2.01. The molecule has 0 spiro atoms. The van der Waals surface area contributed by atoms with Gasteiger partial charge in [0.1, 0.15) is 11.3 Å². The number of fused-ring (bicyclic) bond motifs is 1. The molecule has 0 amide bonds. The Morgan fingerprint density at radius 2 is 2.07 bits per heavy atom. The summed E-state index contributed by atoms with van der Waals surface area (Å²) in [6, 6.07) is 2.72. The van der Waals surface area contributed by atoms with E-state index in [1.807, 2.05) is 0 Å². The topological polar surface area (TPSA) is 65.0 Å². The zero-order valence-electron chi connectivity index (χ0n) is 7.44. The van der Waals surface area contributed by atoms with Gasteiger partial charge in [0.2, 0.25) is 6.79 Å². The summed E-state index contributed by atoms with van der Waals surface area (Å²) in [5.41, 5.74) is 0.0664. The molecule has 74 valence electrons. The first kappa shape index (κ1) is 8.68. The average Bonchev–Trinajstić information content (AvgIpc) is 2.62. The zero-order chi connectivity index (χ0) is 10.1. The van der Waals surface area contributed by atoms with Crippen LogP contribution in [0.2, 0.25) is 0 Å². The van der Waals surface area contributed by atoms with Gasteiger partial charge >= 0.3 is 5.97 Å². The van der Waals surface area contributed by atoms with E-state index in [0.29, 0.717) is 11.5 Å². The van der Waals surface area contributed by atoms with Crippen LogP contribution in [0.5, 0.6) is 17.2 Å². The van der Waals surface area contributed by atoms with Crippen LogP contribution in [0.1, 0.15) is 10.4 Å². The lowest BCUT2D eigenvalue weighted by Gasteiger charge is -2.03. The SMILES string of the molecule is COC(=O)c1cc2c(cc1O)OCO2. The summed E-state index contributed by atoms with van der Waals surface area (Å²) in [4.78, 5) is 11.2. The van der Waals surface area contributed by atoms with Gasteiger partial charge in [0, 0.05) is 12.1 Å². The fourth-order valence-corrected chi connectivity index (χ4v) is 1.20. The minimum atomic E-state index is -0.610. The number of benzene rings is 1. The fraction of sp³-hybridized carbons (Fsp3) is 0.222. The van der Waals surface area contributed by atoms with Crippen LogP contribution in [-0.2, 0) is 4.74 Å². The van der Waals surface area contributed by atoms with Crippen LogP contribution >= 0.6 is 0 Å². The number of phenolic OH excluding ortho intramolecular Hbond substituents is 1. The van der Waals surface area contributed by atoms with Crippen LogP contribution in [0.3, 0.4) is 0 Å². The van der Waals surface area contributed by atoms with E-state index in [-0.39, 0.29) is 18.1 Å². The molecule has 1 N–H and O–H groups in total. The summed E-state index contributed by atoms with van der Waals surface area (Å²) in [5.74, 6) is 0.0697. The molecule has 14 heavy (non-hydrogen) atoms. The molecule has 5 heteroatoms. The van der Waals surface area contributed by atoms with Crippen LogP contribution in [0, 0.1) is 0 Å². The number of aromatic hydroxyl groups is 1. The van der Waals surface area contributed by atoms with Gasteiger partial charge in [0.05, 0.1) is 7.11 Å². The molecule has 1 aromatic rings. The van der Waals surface area contributed by atoms with E-state index >= 15 is 0 Å². The van der Waals surface area contributed by atoms with Gasteiger partial charge in [-0.15, -0.1) is 0 Å². The first-order valence-electron chi connectivity index (χ1n) is 3.93. The minimum Gasteiger partial charge on any atom is -0.507 e. The highest BCUT2D eigenvalue weighted by Crippen LogP contribution is 2.37. The number of esters is 1. The molecule has 1 aliphatic heterocycles. The van der Waals surface area contributed by atoms with Gasteiger partial charge in [-0.3, -0.25) is 0 Å². The molecule has 5 nitrogen and oxygen atoms in total. The van der Waals surface area contributed by atoms with Crippen molar-refractivity contribution in [2.75, 3.05) is 13.9 Å². The molecule has 0 radical (unpaired) electrons. The summed E-state index contributed by atoms with van der Waals surface area (Å²) in [5, 5.41) is 9.44. The predicted octanol–water partition coefficient (Wildman–Crippen LogP) is 0.907. The Bertz CT molecular complexity index is 385. The Balaban J connectivity index is 2.47. The molecule has 0 unspecified atom stereocenters. The number of ether oxygens (including phenoxy) is 3. The summed E-state index contributed by atoms with van der Waals surface area (Å²) in [6.07, 6.45) is 0. The third-order valence-corrected chi connectivity index (χ3v) is 1.90. The Morgan fingerprint density at radius 1 is 1.43 bits per heavy atom. The summed E-state index contributed by atoms with van der Waals surface area (Å²) < 4.78 is 14.5. The molecule has 1 heterocycles. The van der Waals surface area contributed by atoms with Crippen molar-refractivity contribution >= 4 is 5.97 Å². The lowest BCUT2D eigenvalue weighted by molar-refractivity contribution is 0.0597. The maximum atomic E-state index is 11.2. The second-order valence-electron chi connectivity index (χ2n) is 2.71. The maximum absolute atomic E-state index is 11.2. The van der Waals surface area contributed by atoms with E-state index in [1.54, 1.807) is 0 Å². The molecule has 0 saturated heterocycles. The molecule has 2 rings (SSSR count). The van der Waals surface area contributed by atoms with Crippen LogP contribution in [-0.4, -0.2) is 25.0 Å². The van der Waals surface area contributed by atoms with Crippen molar-refractivity contribution in [3.8, 4) is 17.2 Å². The summed E-state index contributed by atoms with van der Waals surface area (Å²) in [7, 11) is 1.24. The van der Waals surface area contributed by atoms with Crippen LogP contribution in [0.4, 0.5) is 0 Å². The van der Waals surface area contributed by atoms with E-state index < -0.39 is 5.97 Å². The van der Waals surface area contributed by atoms with E-state index in [4.69, 9.17) is 9.47 Å². The van der Waals surface area contributed by atoms with Gasteiger partial charge < -0.3 is 19.3 Å². The van der Waals surface area contributed by atoms with Crippen molar-refractivity contribution in [3.05, 3.63) is 17.7 Å². The average molecular weight is 196 g/mol. The minimum absolute atomic E-state index is 0.0664. The number of hydrogen-bond acceptors (Lipinski definition) is 5. The van der Waals surface area contributed by atoms with Gasteiger partial charge in [-0.2, -0.15) is 0 Å². The normalized spacial score (nSPS) is 12.6. The maximum Gasteiger partial charge on any atom is 0.341 e. The molecule has 0 fully saturated rings. The Labute approximate surface area is 79.8 Å². The van der Waals surface area contributed by atoms with Crippen molar-refractivity contribution in [3.63, 3.8) is 0 Å². The van der Waals surface area contributed by atoms with Gasteiger partial charge in [-0.1, -0.05) is 0 Å². The fourth-order valence-electron chi connectivity index (χ4n) is 1.20. The van der Waals surface area contributed by atoms with Gasteiger partial charge in [-0.05, 0) is 0 Å². The number of methoxy groups -OCH3 is 1. The Morgan fingerprint density at radius 3 is 2.71 bits per heavy atom. The quantitative estimate of drug-likeness (QED) is 0.676. The van der Waals surface area contributed by atoms with Crippen molar-refractivity contribution in [2.24, 2.45) is 0 Å². The van der Waals surface area contributed by atoms with E-state index in [2.05, 4.69) is 4.74 Å². The second kappa shape index (κ2) is 3.10. The molecule has 1 aromatic carbocycles. The Hall–Kier alpha value is -1.91. The number of carbonyl (C=O) groups excluding carboxylic acids is 1. The predicted molar refractivity (Wildman–Crippen MR) is 45.6 cm³/mol. The van der Waals surface area contributed by atoms with Crippen LogP contribution in [0.25, 0.3) is 0 Å². The summed E-state index contributed by atoms with van der Waals surface area (Å²) >= 11 is 0. The zero-order valence-corrected chi connectivity index (χ0v) is 7.44. The molecule has 0 saturated carbocycles. The van der Waals surface area contributed by atoms with Crippen molar-refractivity contribution in [1.29, 1.82) is 0 Å². The van der Waals surface area contributed by atoms with E-state index in [1.165, 1.54) is 19.2 Å². The molecule has 0 aliphatic carbocycles. The monoisotopic (exact) mass is 196 g/mol. The molecular formula is C9H8O5. The molecular weight excluding hydrogens is 188 g/mol. The molecule has 1 aliphatic rings. The second-order valence-corrected chi connectivity index (χ2v) is 2.71. The number of carbonyl (C=O) groups is 1. The van der Waals surface area contributed by atoms with Gasteiger partial charge in [0.25, 0.3) is 0 Å². The highest BCUT2D eigenvalue weighted by Gasteiger charge is 2.20. The Kier molecular flexibility index (Phi) is 1.92. The van der Waals surface area contributed by atoms with Crippen LogP contribution < -0.4 is 9.47 Å². The summed E-state index contributed by atoms with van der Waals surface area (Å²) in [6.45, 7) is 0.0966. The molecule has 0 aromatic heterocycles. The molecule has 0 atom stereocenters. The standard InChI is InChI=1S/C9H8O5/c1-12-9(11)5-2-7-8(3-6(5)10)14-4-13-7/h2-3,10H,4H2,1H3. The van der Waals surface area contributed by atoms with E-state index in [9.17, 15) is 9.90 Å². The van der Waals surface area contributed by atoms with Crippen molar-refractivity contribution < 1.29 is 24.1 Å². The lowest BCUT2D eigenvalue weighted by atomic mass is 10.2. The molecule has 0 bridgehead atoms. The highest BCUT2D eigenvalue weighted by molar-refractivity contribution is 5.93. The van der Waals surface area contributed by atoms with Gasteiger partial charge in [-0.25, -0.2) is 4.79 Å². The van der Waals surface area contributed by atoms with Crippen LogP contribution in [0.15, 0.2) is 12.1 Å². The third-order valence-electron chi connectivity index (χ3n) is 1.90. The number of rotatable bonds is 1. The highest BCUT2D eigenvalue weighted by atomic mass is 16.7. The third kappa shape index (κ3) is 1.22. The number of hydrogen-bond donors (Lipinski definition) is 1. The van der Waals surface area contributed by atoms with Crippen molar-refractivity contribution in [2.45, 2.75) is 0 Å².